The fourth-order valence-electron chi connectivity index (χ4n) is 2.20. The van der Waals surface area contributed by atoms with Crippen LogP contribution in [-0.4, -0.2) is 23.2 Å². The van der Waals surface area contributed by atoms with E-state index in [1.54, 1.807) is 48.5 Å². The van der Waals surface area contributed by atoms with Gasteiger partial charge in [0, 0.05) is 15.6 Å². The maximum Gasteiger partial charge on any atom is 0.335 e. The lowest BCUT2D eigenvalue weighted by atomic mass is 10.1. The Bertz CT molecular complexity index is 977. The van der Waals surface area contributed by atoms with E-state index in [-0.39, 0.29) is 11.5 Å². The number of carbonyl (C=O) groups is 2. The highest BCUT2D eigenvalue weighted by molar-refractivity contribution is 9.10. The molecule has 0 saturated carbocycles. The largest absolute Gasteiger partial charge is 0.478 e. The number of amides is 1. The lowest BCUT2D eigenvalue weighted by Crippen LogP contribution is -2.17. The van der Waals surface area contributed by atoms with Crippen molar-refractivity contribution in [1.82, 2.24) is 5.43 Å². The van der Waals surface area contributed by atoms with Crippen LogP contribution in [0.3, 0.4) is 0 Å². The Hall–Kier alpha value is -3.19. The molecule has 0 saturated heterocycles. The smallest absolute Gasteiger partial charge is 0.335 e. The first-order chi connectivity index (χ1) is 12.5. The molecule has 26 heavy (non-hydrogen) atoms. The van der Waals surface area contributed by atoms with Crippen LogP contribution in [-0.2, 0) is 0 Å². The fourth-order valence-corrected chi connectivity index (χ4v) is 2.47. The van der Waals surface area contributed by atoms with E-state index in [4.69, 9.17) is 9.52 Å². The van der Waals surface area contributed by atoms with Crippen LogP contribution >= 0.6 is 15.9 Å². The van der Waals surface area contributed by atoms with Crippen molar-refractivity contribution in [2.24, 2.45) is 5.10 Å². The number of hydrogen-bond donors (Lipinski definition) is 2. The number of carbonyl (C=O) groups excluding carboxylic acids is 1. The molecule has 0 bridgehead atoms. The summed E-state index contributed by atoms with van der Waals surface area (Å²) < 4.78 is 6.49. The number of benzene rings is 2. The second kappa shape index (κ2) is 7.79. The molecule has 1 heterocycles. The number of nitrogens with one attached hydrogen (secondary N) is 1. The van der Waals surface area contributed by atoms with E-state index >= 15 is 0 Å². The predicted molar refractivity (Wildman–Crippen MR) is 100 cm³/mol. The number of carboxylic acids is 1. The third kappa shape index (κ3) is 4.25. The molecule has 3 aromatic rings. The summed E-state index contributed by atoms with van der Waals surface area (Å²) in [5.41, 5.74) is 3.72. The molecule has 7 heteroatoms. The third-order valence-corrected chi connectivity index (χ3v) is 4.01. The van der Waals surface area contributed by atoms with Gasteiger partial charge in [0.1, 0.15) is 11.5 Å². The Morgan fingerprint density at radius 2 is 1.81 bits per heavy atom. The van der Waals surface area contributed by atoms with Crippen LogP contribution < -0.4 is 5.43 Å². The summed E-state index contributed by atoms with van der Waals surface area (Å²) in [6, 6.07) is 16.7. The number of rotatable bonds is 5. The number of nitrogens with zero attached hydrogens (tertiary/aromatic N) is 1. The van der Waals surface area contributed by atoms with Crippen LogP contribution in [0, 0.1) is 0 Å². The van der Waals surface area contributed by atoms with E-state index in [2.05, 4.69) is 26.5 Å². The molecule has 0 aliphatic carbocycles. The SMILES string of the molecule is O=C(O)c1cccc(-c2ccc(/C=N\NC(=O)c3ccc(Br)cc3)o2)c1. The minimum Gasteiger partial charge on any atom is -0.478 e. The van der Waals surface area contributed by atoms with Gasteiger partial charge in [0.25, 0.3) is 5.91 Å². The molecule has 0 aliphatic rings. The number of hydrogen-bond acceptors (Lipinski definition) is 4. The molecule has 0 radical (unpaired) electrons. The summed E-state index contributed by atoms with van der Waals surface area (Å²) in [6.07, 6.45) is 1.38. The van der Waals surface area contributed by atoms with Gasteiger partial charge in [0.15, 0.2) is 0 Å². The standard InChI is InChI=1S/C19H13BrN2O4/c20-15-6-4-12(5-7-15)18(23)22-21-11-16-8-9-17(26-16)13-2-1-3-14(10-13)19(24)25/h1-11H,(H,22,23)(H,24,25)/b21-11-. The first-order valence-electron chi connectivity index (χ1n) is 7.55. The first-order valence-corrected chi connectivity index (χ1v) is 8.35. The van der Waals surface area contributed by atoms with Gasteiger partial charge in [-0.3, -0.25) is 4.79 Å². The molecule has 0 aliphatic heterocycles. The molecular formula is C19H13BrN2O4. The second-order valence-corrected chi connectivity index (χ2v) is 6.21. The first kappa shape index (κ1) is 17.6. The van der Waals surface area contributed by atoms with Gasteiger partial charge < -0.3 is 9.52 Å². The van der Waals surface area contributed by atoms with E-state index in [1.807, 2.05) is 0 Å². The summed E-state index contributed by atoms with van der Waals surface area (Å²) in [4.78, 5) is 23.0. The molecule has 130 valence electrons. The van der Waals surface area contributed by atoms with E-state index in [0.29, 0.717) is 22.6 Å². The fraction of sp³-hybridized carbons (Fsp3) is 0. The molecule has 0 unspecified atom stereocenters. The average molecular weight is 413 g/mol. The van der Waals surface area contributed by atoms with Gasteiger partial charge in [0.2, 0.25) is 0 Å². The van der Waals surface area contributed by atoms with Crippen LogP contribution in [0.25, 0.3) is 11.3 Å². The molecule has 0 atom stereocenters. The number of furan rings is 1. The maximum absolute atomic E-state index is 11.9. The van der Waals surface area contributed by atoms with Gasteiger partial charge in [-0.1, -0.05) is 28.1 Å². The Labute approximate surface area is 157 Å². The normalized spacial score (nSPS) is 10.8. The van der Waals surface area contributed by atoms with Crippen LogP contribution in [0.1, 0.15) is 26.5 Å². The predicted octanol–water partition coefficient (Wildman–Crippen LogP) is 4.17. The molecule has 6 nitrogen and oxygen atoms in total. The van der Waals surface area contributed by atoms with Gasteiger partial charge in [-0.05, 0) is 48.5 Å². The van der Waals surface area contributed by atoms with Gasteiger partial charge in [-0.25, -0.2) is 10.2 Å². The highest BCUT2D eigenvalue weighted by atomic mass is 79.9. The molecule has 3 rings (SSSR count). The summed E-state index contributed by atoms with van der Waals surface area (Å²) in [5, 5.41) is 12.9. The summed E-state index contributed by atoms with van der Waals surface area (Å²) in [6.45, 7) is 0. The monoisotopic (exact) mass is 412 g/mol. The average Bonchev–Trinajstić information content (AvgIpc) is 3.11. The van der Waals surface area contributed by atoms with Crippen molar-refractivity contribution >= 4 is 34.0 Å². The molecule has 0 spiro atoms. The van der Waals surface area contributed by atoms with Gasteiger partial charge in [0.05, 0.1) is 11.8 Å². The van der Waals surface area contributed by atoms with E-state index < -0.39 is 5.97 Å². The minimum atomic E-state index is -1.00. The third-order valence-electron chi connectivity index (χ3n) is 3.49. The lowest BCUT2D eigenvalue weighted by molar-refractivity contribution is 0.0696. The molecule has 1 aromatic heterocycles. The number of aromatic carboxylic acids is 1. The van der Waals surface area contributed by atoms with Gasteiger partial charge in [-0.15, -0.1) is 0 Å². The van der Waals surface area contributed by atoms with Crippen molar-refractivity contribution in [3.63, 3.8) is 0 Å². The van der Waals surface area contributed by atoms with E-state index in [9.17, 15) is 9.59 Å². The highest BCUT2D eigenvalue weighted by Crippen LogP contribution is 2.22. The van der Waals surface area contributed by atoms with Gasteiger partial charge >= 0.3 is 5.97 Å². The molecular weight excluding hydrogens is 400 g/mol. The zero-order valence-electron chi connectivity index (χ0n) is 13.3. The molecule has 0 fully saturated rings. The topological polar surface area (TPSA) is 91.9 Å². The van der Waals surface area contributed by atoms with Crippen molar-refractivity contribution in [2.45, 2.75) is 0 Å². The maximum atomic E-state index is 11.9. The van der Waals surface area contributed by atoms with Crippen LogP contribution in [0.5, 0.6) is 0 Å². The molecule has 2 aromatic carbocycles. The lowest BCUT2D eigenvalue weighted by Gasteiger charge is -2.00. The van der Waals surface area contributed by atoms with Gasteiger partial charge in [-0.2, -0.15) is 5.10 Å². The van der Waals surface area contributed by atoms with E-state index in [1.165, 1.54) is 18.3 Å². The Kier molecular flexibility index (Phi) is 5.28. The van der Waals surface area contributed by atoms with Crippen molar-refractivity contribution < 1.29 is 19.1 Å². The quantitative estimate of drug-likeness (QED) is 0.485. The number of hydrazone groups is 1. The van der Waals surface area contributed by atoms with Crippen LogP contribution in [0.15, 0.2) is 74.7 Å². The number of carboxylic acid groups (broad SMARTS) is 1. The van der Waals surface area contributed by atoms with E-state index in [0.717, 1.165) is 4.47 Å². The zero-order chi connectivity index (χ0) is 18.5. The van der Waals surface area contributed by atoms with Crippen molar-refractivity contribution in [2.75, 3.05) is 0 Å². The van der Waals surface area contributed by atoms with Crippen LogP contribution in [0.4, 0.5) is 0 Å². The minimum absolute atomic E-state index is 0.177. The number of halogens is 1. The summed E-state index contributed by atoms with van der Waals surface area (Å²) in [7, 11) is 0. The second-order valence-electron chi connectivity index (χ2n) is 5.29. The Morgan fingerprint density at radius 1 is 1.04 bits per heavy atom. The molecule has 2 N–H and O–H groups in total. The van der Waals surface area contributed by atoms with Crippen molar-refractivity contribution in [3.8, 4) is 11.3 Å². The Morgan fingerprint density at radius 3 is 2.54 bits per heavy atom. The molecule has 1 amide bonds. The zero-order valence-corrected chi connectivity index (χ0v) is 14.9. The Balaban J connectivity index is 1.67. The summed E-state index contributed by atoms with van der Waals surface area (Å²) in [5.74, 6) is -0.406. The van der Waals surface area contributed by atoms with Crippen molar-refractivity contribution in [1.29, 1.82) is 0 Å². The summed E-state index contributed by atoms with van der Waals surface area (Å²) >= 11 is 3.31. The highest BCUT2D eigenvalue weighted by Gasteiger charge is 2.08. The van der Waals surface area contributed by atoms with Crippen LogP contribution in [0.2, 0.25) is 0 Å². The van der Waals surface area contributed by atoms with Crippen molar-refractivity contribution in [3.05, 3.63) is 82.0 Å².